The van der Waals surface area contributed by atoms with Crippen molar-refractivity contribution in [2.24, 2.45) is 7.05 Å². The molecule has 0 saturated carbocycles. The number of anilines is 1. The summed E-state index contributed by atoms with van der Waals surface area (Å²) >= 11 is 2.68. The summed E-state index contributed by atoms with van der Waals surface area (Å²) < 4.78 is 53.7. The fourth-order valence-electron chi connectivity index (χ4n) is 4.11. The van der Waals surface area contributed by atoms with Crippen LogP contribution in [0.25, 0.3) is 22.4 Å². The zero-order chi connectivity index (χ0) is 28.4. The van der Waals surface area contributed by atoms with Crippen LogP contribution in [0.2, 0.25) is 0 Å². The molecule has 1 fully saturated rings. The van der Waals surface area contributed by atoms with E-state index in [2.05, 4.69) is 20.5 Å². The van der Waals surface area contributed by atoms with Gasteiger partial charge in [-0.3, -0.25) is 19.9 Å². The fraction of sp³-hybridized carbons (Fsp3) is 0.269. The fourth-order valence-corrected chi connectivity index (χ4v) is 6.18. The Morgan fingerprint density at radius 2 is 2.02 bits per heavy atom. The molecule has 1 amide bonds. The molecule has 1 N–H and O–H groups in total. The molecule has 1 saturated heterocycles. The standard InChI is InChI=1S/C26H22F3N5O4S2/c1-34-8-3-4-16(23(34)36)20-11-17(18-10-14(26(27,28)29)5-6-21(18)37-2)19(12-30-20)22(35)31-24-32-33-25(40-24)39-15-7-9-38-13-15/h3-6,8,10-12,15H,7,9,13H2,1-2H3,(H,31,32,35). The van der Waals surface area contributed by atoms with Crippen molar-refractivity contribution in [2.75, 3.05) is 25.6 Å². The molecule has 1 aliphatic heterocycles. The number of pyridine rings is 2. The number of alkyl halides is 3. The number of ether oxygens (including phenoxy) is 2. The molecule has 5 rings (SSSR count). The molecule has 4 aromatic rings. The van der Waals surface area contributed by atoms with Crippen molar-refractivity contribution >= 4 is 34.1 Å². The third kappa shape index (κ3) is 5.88. The Hall–Kier alpha value is -3.75. The number of carbonyl (C=O) groups is 1. The number of methoxy groups -OCH3 is 1. The van der Waals surface area contributed by atoms with Crippen LogP contribution in [-0.2, 0) is 18.0 Å². The molecular weight excluding hydrogens is 567 g/mol. The predicted molar refractivity (Wildman–Crippen MR) is 145 cm³/mol. The van der Waals surface area contributed by atoms with E-state index in [1.54, 1.807) is 25.4 Å². The predicted octanol–water partition coefficient (Wildman–Crippen LogP) is 5.13. The number of aryl methyl sites for hydroxylation is 1. The first-order valence-corrected chi connectivity index (χ1v) is 13.6. The van der Waals surface area contributed by atoms with Crippen LogP contribution in [-0.4, -0.2) is 51.2 Å². The highest BCUT2D eigenvalue weighted by Gasteiger charge is 2.32. The Morgan fingerprint density at radius 1 is 1.20 bits per heavy atom. The molecule has 0 spiro atoms. The van der Waals surface area contributed by atoms with E-state index < -0.39 is 17.6 Å². The number of thioether (sulfide) groups is 1. The van der Waals surface area contributed by atoms with E-state index in [0.717, 1.165) is 18.6 Å². The largest absolute Gasteiger partial charge is 0.496 e. The van der Waals surface area contributed by atoms with Gasteiger partial charge in [0.1, 0.15) is 5.75 Å². The first-order chi connectivity index (χ1) is 19.1. The normalized spacial score (nSPS) is 15.3. The van der Waals surface area contributed by atoms with Gasteiger partial charge in [-0.15, -0.1) is 10.2 Å². The zero-order valence-electron chi connectivity index (χ0n) is 21.2. The third-order valence-electron chi connectivity index (χ3n) is 6.15. The smallest absolute Gasteiger partial charge is 0.416 e. The number of nitrogens with zero attached hydrogens (tertiary/aromatic N) is 4. The molecule has 9 nitrogen and oxygen atoms in total. The lowest BCUT2D eigenvalue weighted by atomic mass is 9.96. The summed E-state index contributed by atoms with van der Waals surface area (Å²) in [7, 11) is 2.88. The highest BCUT2D eigenvalue weighted by Crippen LogP contribution is 2.40. The highest BCUT2D eigenvalue weighted by molar-refractivity contribution is 8.01. The number of amides is 1. The van der Waals surface area contributed by atoms with E-state index in [4.69, 9.17) is 9.47 Å². The average Bonchev–Trinajstić information content (AvgIpc) is 3.61. The highest BCUT2D eigenvalue weighted by atomic mass is 32.2. The Balaban J connectivity index is 1.57. The molecule has 3 aromatic heterocycles. The number of aromatic nitrogens is 4. The Morgan fingerprint density at radius 3 is 2.75 bits per heavy atom. The van der Waals surface area contributed by atoms with Gasteiger partial charge in [0.15, 0.2) is 4.34 Å². The van der Waals surface area contributed by atoms with Crippen LogP contribution < -0.4 is 15.6 Å². The second-order valence-corrected chi connectivity index (χ2v) is 11.3. The summed E-state index contributed by atoms with van der Waals surface area (Å²) in [5, 5.41) is 11.3. The maximum Gasteiger partial charge on any atom is 0.416 e. The van der Waals surface area contributed by atoms with E-state index in [1.807, 2.05) is 0 Å². The lowest BCUT2D eigenvalue weighted by Crippen LogP contribution is -2.18. The molecule has 14 heteroatoms. The SMILES string of the molecule is COc1ccc(C(F)(F)F)cc1-c1cc(-c2cccn(C)c2=O)ncc1C(=O)Nc1nnc(SC2CCOC2)s1. The maximum atomic E-state index is 13.7. The van der Waals surface area contributed by atoms with Crippen molar-refractivity contribution in [3.63, 3.8) is 0 Å². The first-order valence-electron chi connectivity index (χ1n) is 11.9. The van der Waals surface area contributed by atoms with Gasteiger partial charge in [0, 0.05) is 42.4 Å². The van der Waals surface area contributed by atoms with Gasteiger partial charge in [-0.05, 0) is 42.8 Å². The molecule has 208 valence electrons. The van der Waals surface area contributed by atoms with Gasteiger partial charge in [-0.1, -0.05) is 23.1 Å². The summed E-state index contributed by atoms with van der Waals surface area (Å²) in [6, 6.07) is 7.58. The van der Waals surface area contributed by atoms with Crippen molar-refractivity contribution in [1.82, 2.24) is 19.7 Å². The van der Waals surface area contributed by atoms with Gasteiger partial charge in [-0.2, -0.15) is 13.2 Å². The van der Waals surface area contributed by atoms with Gasteiger partial charge in [0.25, 0.3) is 11.5 Å². The van der Waals surface area contributed by atoms with Crippen LogP contribution in [0, 0.1) is 0 Å². The summed E-state index contributed by atoms with van der Waals surface area (Å²) in [5.74, 6) is -0.556. The number of benzene rings is 1. The molecule has 4 heterocycles. The first kappa shape index (κ1) is 27.8. The molecule has 0 bridgehead atoms. The molecule has 1 unspecified atom stereocenters. The number of carbonyl (C=O) groups excluding carboxylic acids is 1. The van der Waals surface area contributed by atoms with Crippen LogP contribution >= 0.6 is 23.1 Å². The van der Waals surface area contributed by atoms with Crippen molar-refractivity contribution in [3.05, 3.63) is 70.3 Å². The third-order valence-corrected chi connectivity index (χ3v) is 8.31. The molecule has 1 atom stereocenters. The van der Waals surface area contributed by atoms with E-state index in [1.165, 1.54) is 53.1 Å². The monoisotopic (exact) mass is 589 g/mol. The zero-order valence-corrected chi connectivity index (χ0v) is 22.8. The van der Waals surface area contributed by atoms with Crippen LogP contribution in [0.5, 0.6) is 5.75 Å². The van der Waals surface area contributed by atoms with Gasteiger partial charge in [0.2, 0.25) is 5.13 Å². The Bertz CT molecular complexity index is 1620. The van der Waals surface area contributed by atoms with Gasteiger partial charge < -0.3 is 14.0 Å². The number of halogens is 3. The van der Waals surface area contributed by atoms with E-state index >= 15 is 0 Å². The van der Waals surface area contributed by atoms with Gasteiger partial charge in [0.05, 0.1) is 36.1 Å². The molecule has 1 aromatic carbocycles. The average molecular weight is 590 g/mol. The maximum absolute atomic E-state index is 13.7. The van der Waals surface area contributed by atoms with Crippen LogP contribution in [0.3, 0.4) is 0 Å². The minimum atomic E-state index is -4.64. The minimum Gasteiger partial charge on any atom is -0.496 e. The van der Waals surface area contributed by atoms with E-state index in [9.17, 15) is 22.8 Å². The molecule has 40 heavy (non-hydrogen) atoms. The van der Waals surface area contributed by atoms with Crippen LogP contribution in [0.15, 0.2) is 57.9 Å². The molecule has 0 radical (unpaired) electrons. The lowest BCUT2D eigenvalue weighted by molar-refractivity contribution is -0.137. The summed E-state index contributed by atoms with van der Waals surface area (Å²) in [5.41, 5.74) is -0.826. The van der Waals surface area contributed by atoms with Gasteiger partial charge in [-0.25, -0.2) is 0 Å². The minimum absolute atomic E-state index is 0.00798. The topological polar surface area (TPSA) is 108 Å². The summed E-state index contributed by atoms with van der Waals surface area (Å²) in [6.45, 7) is 1.29. The number of nitrogens with one attached hydrogen (secondary N) is 1. The van der Waals surface area contributed by atoms with Crippen LogP contribution in [0.1, 0.15) is 22.3 Å². The summed E-state index contributed by atoms with van der Waals surface area (Å²) in [6.07, 6.45) is -0.965. The van der Waals surface area contributed by atoms with Gasteiger partial charge >= 0.3 is 6.18 Å². The number of hydrogen-bond acceptors (Lipinski definition) is 9. The quantitative estimate of drug-likeness (QED) is 0.296. The Kier molecular flexibility index (Phi) is 7.92. The van der Waals surface area contributed by atoms with Crippen molar-refractivity contribution in [2.45, 2.75) is 22.2 Å². The molecular formula is C26H22F3N5O4S2. The van der Waals surface area contributed by atoms with Crippen molar-refractivity contribution in [3.8, 4) is 28.1 Å². The Labute approximate surface area is 234 Å². The summed E-state index contributed by atoms with van der Waals surface area (Å²) in [4.78, 5) is 30.5. The lowest BCUT2D eigenvalue weighted by Gasteiger charge is -2.16. The van der Waals surface area contributed by atoms with Crippen molar-refractivity contribution < 1.29 is 27.4 Å². The number of hydrogen-bond donors (Lipinski definition) is 1. The second-order valence-electron chi connectivity index (χ2n) is 8.80. The van der Waals surface area contributed by atoms with Crippen LogP contribution in [0.4, 0.5) is 18.3 Å². The number of rotatable bonds is 7. The van der Waals surface area contributed by atoms with E-state index in [0.29, 0.717) is 17.6 Å². The molecule has 0 aliphatic carbocycles. The van der Waals surface area contributed by atoms with E-state index in [-0.39, 0.29) is 49.6 Å². The van der Waals surface area contributed by atoms with Crippen molar-refractivity contribution in [1.29, 1.82) is 0 Å². The molecule has 1 aliphatic rings. The second kappa shape index (κ2) is 11.4.